The second kappa shape index (κ2) is 12.5. The van der Waals surface area contributed by atoms with E-state index in [9.17, 15) is 12.6 Å². The van der Waals surface area contributed by atoms with E-state index in [0.29, 0.717) is 17.1 Å². The van der Waals surface area contributed by atoms with Gasteiger partial charge >= 0.3 is 0 Å². The molecule has 0 amide bonds. The highest BCUT2D eigenvalue weighted by Gasteiger charge is 2.25. The maximum absolute atomic E-state index is 13.2. The molecule has 0 aromatic heterocycles. The molecule has 5 nitrogen and oxygen atoms in total. The summed E-state index contributed by atoms with van der Waals surface area (Å²) in [7, 11) is -4.81. The maximum Gasteiger partial charge on any atom is 0.264 e. The SMILES string of the molecule is CC1CCOCC1.CCc1ccc(N(CC(C)C)S(=O)(=O)c2ccc(S(C)=O)cc2)cc1. The Kier molecular flexibility index (Phi) is 10.4. The Labute approximate surface area is 196 Å². The molecule has 1 aliphatic heterocycles. The molecule has 0 aliphatic carbocycles. The van der Waals surface area contributed by atoms with E-state index in [0.717, 1.165) is 25.6 Å². The lowest BCUT2D eigenvalue weighted by Gasteiger charge is -2.26. The Morgan fingerprint density at radius 2 is 1.59 bits per heavy atom. The molecule has 1 atom stereocenters. The van der Waals surface area contributed by atoms with E-state index in [1.54, 1.807) is 18.4 Å². The number of anilines is 1. The number of benzene rings is 2. The molecule has 178 valence electrons. The van der Waals surface area contributed by atoms with E-state index < -0.39 is 20.8 Å². The first-order valence-electron chi connectivity index (χ1n) is 11.3. The molecule has 0 spiro atoms. The van der Waals surface area contributed by atoms with Gasteiger partial charge in [-0.3, -0.25) is 8.51 Å². The maximum atomic E-state index is 13.2. The zero-order valence-electron chi connectivity index (χ0n) is 19.9. The van der Waals surface area contributed by atoms with Crippen LogP contribution in [0.1, 0.15) is 46.1 Å². The van der Waals surface area contributed by atoms with Gasteiger partial charge < -0.3 is 4.74 Å². The van der Waals surface area contributed by atoms with Crippen molar-refractivity contribution in [2.75, 3.05) is 30.3 Å². The first-order valence-corrected chi connectivity index (χ1v) is 14.3. The lowest BCUT2D eigenvalue weighted by molar-refractivity contribution is 0.0716. The molecule has 1 heterocycles. The zero-order valence-corrected chi connectivity index (χ0v) is 21.5. The van der Waals surface area contributed by atoms with Crippen molar-refractivity contribution in [1.82, 2.24) is 0 Å². The van der Waals surface area contributed by atoms with Gasteiger partial charge in [0.25, 0.3) is 10.0 Å². The molecule has 1 saturated heterocycles. The molecule has 0 bridgehead atoms. The molecule has 0 N–H and O–H groups in total. The van der Waals surface area contributed by atoms with Gasteiger partial charge in [0.2, 0.25) is 0 Å². The summed E-state index contributed by atoms with van der Waals surface area (Å²) in [6.45, 7) is 10.7. The molecule has 0 saturated carbocycles. The monoisotopic (exact) mass is 479 g/mol. The number of sulfonamides is 1. The van der Waals surface area contributed by atoms with Crippen LogP contribution in [0.5, 0.6) is 0 Å². The highest BCUT2D eigenvalue weighted by Crippen LogP contribution is 2.26. The molecule has 7 heteroatoms. The van der Waals surface area contributed by atoms with Gasteiger partial charge in [-0.25, -0.2) is 8.42 Å². The number of ether oxygens (including phenoxy) is 1. The third-order valence-corrected chi connectivity index (χ3v) is 8.16. The minimum atomic E-state index is -3.68. The number of rotatable bonds is 7. The lowest BCUT2D eigenvalue weighted by Crippen LogP contribution is -2.34. The Morgan fingerprint density at radius 3 is 2.00 bits per heavy atom. The van der Waals surface area contributed by atoms with Gasteiger partial charge in [0.05, 0.1) is 10.6 Å². The largest absolute Gasteiger partial charge is 0.381 e. The molecular formula is C25H37NO4S2. The number of hydrogen-bond donors (Lipinski definition) is 0. The predicted octanol–water partition coefficient (Wildman–Crippen LogP) is 5.27. The number of hydrogen-bond acceptors (Lipinski definition) is 4. The predicted molar refractivity (Wildman–Crippen MR) is 133 cm³/mol. The normalized spacial score (nSPS) is 15.7. The Bertz CT molecular complexity index is 948. The molecule has 1 fully saturated rings. The third-order valence-electron chi connectivity index (χ3n) is 5.42. The van der Waals surface area contributed by atoms with Crippen LogP contribution >= 0.6 is 0 Å². The minimum absolute atomic E-state index is 0.183. The van der Waals surface area contributed by atoms with E-state index in [2.05, 4.69) is 13.8 Å². The van der Waals surface area contributed by atoms with Crippen LogP contribution in [-0.4, -0.2) is 38.6 Å². The van der Waals surface area contributed by atoms with Crippen LogP contribution in [-0.2, 0) is 32.0 Å². The van der Waals surface area contributed by atoms with Crippen molar-refractivity contribution in [3.05, 3.63) is 54.1 Å². The first-order chi connectivity index (χ1) is 15.1. The second-order valence-corrected chi connectivity index (χ2v) is 11.9. The van der Waals surface area contributed by atoms with Crippen molar-refractivity contribution >= 4 is 26.5 Å². The van der Waals surface area contributed by atoms with E-state index in [-0.39, 0.29) is 10.8 Å². The first kappa shape index (κ1) is 26.6. The van der Waals surface area contributed by atoms with E-state index in [1.165, 1.54) is 34.8 Å². The average molecular weight is 480 g/mol. The molecule has 3 rings (SSSR count). The topological polar surface area (TPSA) is 63.7 Å². The van der Waals surface area contributed by atoms with Gasteiger partial charge in [-0.15, -0.1) is 0 Å². The van der Waals surface area contributed by atoms with Gasteiger partial charge in [0.15, 0.2) is 0 Å². The standard InChI is InChI=1S/C19H25NO3S2.C6H12O/c1-5-16-6-8-17(9-7-16)20(14-15(2)3)25(22,23)19-12-10-18(11-13-19)24(4)21;1-6-2-4-7-5-3-6/h6-13,15H,5,14H2,1-4H3;6H,2-5H2,1H3. The summed E-state index contributed by atoms with van der Waals surface area (Å²) in [5, 5.41) is 0. The minimum Gasteiger partial charge on any atom is -0.381 e. The number of aryl methyl sites for hydroxylation is 1. The highest BCUT2D eigenvalue weighted by atomic mass is 32.2. The molecule has 2 aromatic carbocycles. The van der Waals surface area contributed by atoms with Gasteiger partial charge in [0, 0.05) is 41.7 Å². The molecule has 1 aliphatic rings. The van der Waals surface area contributed by atoms with Crippen molar-refractivity contribution < 1.29 is 17.4 Å². The van der Waals surface area contributed by atoms with E-state index >= 15 is 0 Å². The van der Waals surface area contributed by atoms with Crippen LogP contribution in [0.4, 0.5) is 5.69 Å². The fourth-order valence-corrected chi connectivity index (χ4v) is 5.47. The molecule has 1 unspecified atom stereocenters. The fraction of sp³-hybridized carbons (Fsp3) is 0.520. The average Bonchev–Trinajstić information content (AvgIpc) is 2.78. The van der Waals surface area contributed by atoms with E-state index in [4.69, 9.17) is 4.74 Å². The summed E-state index contributed by atoms with van der Waals surface area (Å²) in [6, 6.07) is 13.9. The molecule has 32 heavy (non-hydrogen) atoms. The molecule has 2 aromatic rings. The Morgan fingerprint density at radius 1 is 1.03 bits per heavy atom. The van der Waals surface area contributed by atoms with Gasteiger partial charge in [-0.05, 0) is 73.1 Å². The van der Waals surface area contributed by atoms with Crippen molar-refractivity contribution in [2.24, 2.45) is 11.8 Å². The van der Waals surface area contributed by atoms with Crippen LogP contribution in [0.3, 0.4) is 0 Å². The lowest BCUT2D eigenvalue weighted by atomic mass is 10.0. The summed E-state index contributed by atoms with van der Waals surface area (Å²) in [6.07, 6.45) is 5.01. The summed E-state index contributed by atoms with van der Waals surface area (Å²) >= 11 is 0. The van der Waals surface area contributed by atoms with Crippen molar-refractivity contribution in [3.8, 4) is 0 Å². The van der Waals surface area contributed by atoms with Crippen molar-refractivity contribution in [3.63, 3.8) is 0 Å². The highest BCUT2D eigenvalue weighted by molar-refractivity contribution is 7.92. The van der Waals surface area contributed by atoms with Gasteiger partial charge in [-0.1, -0.05) is 39.8 Å². The second-order valence-electron chi connectivity index (χ2n) is 8.67. The van der Waals surface area contributed by atoms with Crippen LogP contribution in [0.2, 0.25) is 0 Å². The summed E-state index contributed by atoms with van der Waals surface area (Å²) in [5.41, 5.74) is 1.83. The zero-order chi connectivity index (χ0) is 23.7. The number of nitrogens with zero attached hydrogens (tertiary/aromatic N) is 1. The molecule has 0 radical (unpaired) electrons. The summed E-state index contributed by atoms with van der Waals surface area (Å²) in [4.78, 5) is 0.823. The van der Waals surface area contributed by atoms with Crippen LogP contribution in [0.15, 0.2) is 58.3 Å². The van der Waals surface area contributed by atoms with Crippen LogP contribution in [0.25, 0.3) is 0 Å². The van der Waals surface area contributed by atoms with Crippen molar-refractivity contribution in [2.45, 2.75) is 56.7 Å². The van der Waals surface area contributed by atoms with Crippen LogP contribution in [0, 0.1) is 11.8 Å². The van der Waals surface area contributed by atoms with Crippen molar-refractivity contribution in [1.29, 1.82) is 0 Å². The van der Waals surface area contributed by atoms with Crippen LogP contribution < -0.4 is 4.31 Å². The van der Waals surface area contributed by atoms with E-state index in [1.807, 2.05) is 38.1 Å². The van der Waals surface area contributed by atoms with Gasteiger partial charge in [0.1, 0.15) is 0 Å². The van der Waals surface area contributed by atoms with Gasteiger partial charge in [-0.2, -0.15) is 0 Å². The fourth-order valence-electron chi connectivity index (χ4n) is 3.32. The Hall–Kier alpha value is -1.70. The smallest absolute Gasteiger partial charge is 0.264 e. The molecular weight excluding hydrogens is 442 g/mol. The third kappa shape index (κ3) is 7.71. The quantitative estimate of drug-likeness (QED) is 0.543. The Balaban J connectivity index is 0.000000439. The summed E-state index contributed by atoms with van der Waals surface area (Å²) in [5.74, 6) is 1.09. The summed E-state index contributed by atoms with van der Waals surface area (Å²) < 4.78 is 44.4.